The van der Waals surface area contributed by atoms with Crippen LogP contribution in [0.25, 0.3) is 0 Å². The summed E-state index contributed by atoms with van der Waals surface area (Å²) >= 11 is 1.16. The quantitative estimate of drug-likeness (QED) is 0.926. The van der Waals surface area contributed by atoms with Crippen LogP contribution in [-0.4, -0.2) is 28.7 Å². The maximum atomic E-state index is 12.7. The summed E-state index contributed by atoms with van der Waals surface area (Å²) in [7, 11) is 1.54. The Labute approximate surface area is 113 Å². The maximum absolute atomic E-state index is 12.7. The van der Waals surface area contributed by atoms with E-state index in [1.165, 1.54) is 0 Å². The van der Waals surface area contributed by atoms with Crippen LogP contribution in [0.3, 0.4) is 0 Å². The van der Waals surface area contributed by atoms with Crippen LogP contribution in [0.1, 0.15) is 31.5 Å². The lowest BCUT2D eigenvalue weighted by Gasteiger charge is -2.30. The van der Waals surface area contributed by atoms with Crippen molar-refractivity contribution in [1.29, 1.82) is 0 Å². The lowest BCUT2D eigenvalue weighted by atomic mass is 9.85. The van der Waals surface area contributed by atoms with Crippen LogP contribution in [0.4, 0.5) is 18.3 Å². The average molecular weight is 295 g/mol. The molecule has 8 heteroatoms. The van der Waals surface area contributed by atoms with E-state index < -0.39 is 12.1 Å². The molecule has 1 N–H and O–H groups in total. The smallest absolute Gasteiger partial charge is 0.377 e. The van der Waals surface area contributed by atoms with E-state index in [9.17, 15) is 13.2 Å². The van der Waals surface area contributed by atoms with E-state index in [0.29, 0.717) is 24.0 Å². The van der Waals surface area contributed by atoms with Crippen LogP contribution in [-0.2, 0) is 11.3 Å². The summed E-state index contributed by atoms with van der Waals surface area (Å²) in [6.07, 6.45) is -2.42. The van der Waals surface area contributed by atoms with Gasteiger partial charge in [-0.25, -0.2) is 4.98 Å². The highest BCUT2D eigenvalue weighted by Crippen LogP contribution is 2.38. The molecule has 2 atom stereocenters. The summed E-state index contributed by atoms with van der Waals surface area (Å²) in [5.74, 6) is -0.650. The summed E-state index contributed by atoms with van der Waals surface area (Å²) in [5.41, 5.74) is 0. The first-order valence-corrected chi connectivity index (χ1v) is 6.91. The van der Waals surface area contributed by atoms with Gasteiger partial charge in [-0.2, -0.15) is 17.5 Å². The maximum Gasteiger partial charge on any atom is 0.391 e. The molecule has 1 heterocycles. The molecule has 1 aliphatic rings. The zero-order valence-corrected chi connectivity index (χ0v) is 11.4. The zero-order valence-electron chi connectivity index (χ0n) is 10.5. The average Bonchev–Trinajstić information content (AvgIpc) is 2.76. The van der Waals surface area contributed by atoms with Gasteiger partial charge in [0, 0.05) is 24.7 Å². The monoisotopic (exact) mass is 295 g/mol. The molecule has 0 radical (unpaired) electrons. The van der Waals surface area contributed by atoms with Gasteiger partial charge in [0.1, 0.15) is 6.61 Å². The predicted molar refractivity (Wildman–Crippen MR) is 66.0 cm³/mol. The molecule has 0 saturated heterocycles. The van der Waals surface area contributed by atoms with Crippen molar-refractivity contribution in [2.24, 2.45) is 5.92 Å². The van der Waals surface area contributed by atoms with E-state index in [-0.39, 0.29) is 18.9 Å². The lowest BCUT2D eigenvalue weighted by molar-refractivity contribution is -0.182. The minimum Gasteiger partial charge on any atom is -0.377 e. The number of nitrogens with one attached hydrogen (secondary N) is 1. The molecule has 1 aromatic rings. The number of anilines is 1. The van der Waals surface area contributed by atoms with Gasteiger partial charge >= 0.3 is 6.18 Å². The van der Waals surface area contributed by atoms with Gasteiger partial charge in [0.15, 0.2) is 5.82 Å². The van der Waals surface area contributed by atoms with Gasteiger partial charge in [-0.3, -0.25) is 0 Å². The van der Waals surface area contributed by atoms with Crippen LogP contribution in [0.15, 0.2) is 0 Å². The second kappa shape index (κ2) is 6.04. The lowest BCUT2D eigenvalue weighted by Crippen LogP contribution is -2.34. The van der Waals surface area contributed by atoms with Crippen LogP contribution in [0.2, 0.25) is 0 Å². The first kappa shape index (κ1) is 14.5. The minimum absolute atomic E-state index is 0.114. The Morgan fingerprint density at radius 3 is 2.89 bits per heavy atom. The topological polar surface area (TPSA) is 47.0 Å². The van der Waals surface area contributed by atoms with E-state index >= 15 is 0 Å². The van der Waals surface area contributed by atoms with Gasteiger partial charge in [0.25, 0.3) is 0 Å². The van der Waals surface area contributed by atoms with Crippen molar-refractivity contribution < 1.29 is 17.9 Å². The SMILES string of the molecule is COCc1nsc(NC2CCCC(C(F)(F)F)C2)n1. The standard InChI is InChI=1S/C11H16F3N3OS/c1-18-6-9-16-10(19-17-9)15-8-4-2-3-7(5-8)11(12,13)14/h7-8H,2-6H2,1H3,(H,15,16,17). The van der Waals surface area contributed by atoms with Crippen LogP contribution in [0, 0.1) is 5.92 Å². The summed E-state index contributed by atoms with van der Waals surface area (Å²) < 4.78 is 47.0. The molecule has 1 fully saturated rings. The molecule has 1 saturated carbocycles. The Kier molecular flexibility index (Phi) is 4.62. The third-order valence-corrected chi connectivity index (χ3v) is 3.89. The fraction of sp³-hybridized carbons (Fsp3) is 0.818. The molecule has 4 nitrogen and oxygen atoms in total. The summed E-state index contributed by atoms with van der Waals surface area (Å²) in [5, 5.41) is 3.62. The van der Waals surface area contributed by atoms with Crippen molar-refractivity contribution in [3.63, 3.8) is 0 Å². The van der Waals surface area contributed by atoms with Crippen molar-refractivity contribution in [2.75, 3.05) is 12.4 Å². The second-order valence-electron chi connectivity index (χ2n) is 4.70. The Hall–Kier alpha value is -0.890. The fourth-order valence-electron chi connectivity index (χ4n) is 2.29. The molecule has 19 heavy (non-hydrogen) atoms. The van der Waals surface area contributed by atoms with Gasteiger partial charge in [0.2, 0.25) is 5.13 Å². The molecular formula is C11H16F3N3OS. The number of hydrogen-bond donors (Lipinski definition) is 1. The number of ether oxygens (including phenoxy) is 1. The Morgan fingerprint density at radius 2 is 2.21 bits per heavy atom. The van der Waals surface area contributed by atoms with Gasteiger partial charge in [-0.15, -0.1) is 0 Å². The minimum atomic E-state index is -4.09. The van der Waals surface area contributed by atoms with E-state index in [2.05, 4.69) is 14.7 Å². The fourth-order valence-corrected chi connectivity index (χ4v) is 2.94. The third kappa shape index (κ3) is 4.04. The third-order valence-electron chi connectivity index (χ3n) is 3.21. The highest BCUT2D eigenvalue weighted by atomic mass is 32.1. The van der Waals surface area contributed by atoms with Crippen molar-refractivity contribution in [3.8, 4) is 0 Å². The highest BCUT2D eigenvalue weighted by Gasteiger charge is 2.42. The molecule has 0 aromatic carbocycles. The van der Waals surface area contributed by atoms with Gasteiger partial charge in [-0.05, 0) is 19.3 Å². The number of hydrogen-bond acceptors (Lipinski definition) is 5. The molecular weight excluding hydrogens is 279 g/mol. The molecule has 2 unspecified atom stereocenters. The number of halogens is 3. The summed E-state index contributed by atoms with van der Waals surface area (Å²) in [6, 6.07) is -0.177. The molecule has 0 bridgehead atoms. The van der Waals surface area contributed by atoms with Gasteiger partial charge < -0.3 is 10.1 Å². The first-order chi connectivity index (χ1) is 8.99. The number of nitrogens with zero attached hydrogens (tertiary/aromatic N) is 2. The summed E-state index contributed by atoms with van der Waals surface area (Å²) in [4.78, 5) is 4.17. The van der Waals surface area contributed by atoms with Crippen molar-refractivity contribution in [1.82, 2.24) is 9.36 Å². The zero-order chi connectivity index (χ0) is 13.9. The molecule has 0 amide bonds. The van der Waals surface area contributed by atoms with Crippen LogP contribution in [0.5, 0.6) is 0 Å². The molecule has 0 aliphatic heterocycles. The van der Waals surface area contributed by atoms with E-state index in [1.807, 2.05) is 0 Å². The molecule has 1 aromatic heterocycles. The Morgan fingerprint density at radius 1 is 1.42 bits per heavy atom. The van der Waals surface area contributed by atoms with Gasteiger partial charge in [0.05, 0.1) is 5.92 Å². The number of methoxy groups -OCH3 is 1. The number of rotatable bonds is 4. The molecule has 108 valence electrons. The first-order valence-electron chi connectivity index (χ1n) is 6.14. The second-order valence-corrected chi connectivity index (χ2v) is 5.45. The molecule has 0 spiro atoms. The van der Waals surface area contributed by atoms with Gasteiger partial charge in [-0.1, -0.05) is 6.42 Å². The van der Waals surface area contributed by atoms with E-state index in [1.54, 1.807) is 7.11 Å². The van der Waals surface area contributed by atoms with Crippen LogP contribution < -0.4 is 5.32 Å². The molecule has 2 rings (SSSR count). The molecule has 1 aliphatic carbocycles. The van der Waals surface area contributed by atoms with Crippen molar-refractivity contribution in [2.45, 2.75) is 44.5 Å². The number of alkyl halides is 3. The normalized spacial score (nSPS) is 24.4. The highest BCUT2D eigenvalue weighted by molar-refractivity contribution is 7.09. The Balaban J connectivity index is 1.91. The van der Waals surface area contributed by atoms with Crippen molar-refractivity contribution >= 4 is 16.7 Å². The van der Waals surface area contributed by atoms with Crippen molar-refractivity contribution in [3.05, 3.63) is 5.82 Å². The predicted octanol–water partition coefficient (Wildman–Crippen LogP) is 3.22. The Bertz CT molecular complexity index is 410. The van der Waals surface area contributed by atoms with E-state index in [0.717, 1.165) is 18.0 Å². The largest absolute Gasteiger partial charge is 0.391 e. The number of aromatic nitrogens is 2. The summed E-state index contributed by atoms with van der Waals surface area (Å²) in [6.45, 7) is 0.314. The van der Waals surface area contributed by atoms with E-state index in [4.69, 9.17) is 4.74 Å². The van der Waals surface area contributed by atoms with Crippen LogP contribution >= 0.6 is 11.5 Å².